The third-order valence-electron chi connectivity index (χ3n) is 4.59. The average Bonchev–Trinajstić information content (AvgIpc) is 2.79. The maximum Gasteiger partial charge on any atom is 0.307 e. The summed E-state index contributed by atoms with van der Waals surface area (Å²) in [6.07, 6.45) is -0.401. The molecule has 0 spiro atoms. The fraction of sp³-hybridized carbons (Fsp3) is 0.235. The highest BCUT2D eigenvalue weighted by atomic mass is 16.4. The Morgan fingerprint density at radius 1 is 1.00 bits per heavy atom. The number of carboxylic acids is 1. The molecule has 4 rings (SSSR count). The SMILES string of the molecule is O=C(O)[C@H]1C[C@H](O)c2cccc3c2[C@H]1c1ccccc1-3. The number of benzene rings is 2. The predicted octanol–water partition coefficient (Wildman–Crippen LogP) is 2.94. The van der Waals surface area contributed by atoms with E-state index in [1.54, 1.807) is 0 Å². The van der Waals surface area contributed by atoms with Crippen molar-refractivity contribution >= 4 is 5.97 Å². The monoisotopic (exact) mass is 266 g/mol. The topological polar surface area (TPSA) is 57.5 Å². The fourth-order valence-corrected chi connectivity index (χ4v) is 3.79. The predicted molar refractivity (Wildman–Crippen MR) is 74.4 cm³/mol. The van der Waals surface area contributed by atoms with Gasteiger partial charge in [0, 0.05) is 5.92 Å². The largest absolute Gasteiger partial charge is 0.481 e. The quantitative estimate of drug-likeness (QED) is 0.834. The van der Waals surface area contributed by atoms with Gasteiger partial charge in [0.2, 0.25) is 0 Å². The Bertz CT molecular complexity index is 720. The minimum Gasteiger partial charge on any atom is -0.481 e. The van der Waals surface area contributed by atoms with Crippen LogP contribution in [0.3, 0.4) is 0 Å². The van der Waals surface area contributed by atoms with Crippen molar-refractivity contribution in [1.29, 1.82) is 0 Å². The number of aliphatic hydroxyl groups excluding tert-OH is 1. The van der Waals surface area contributed by atoms with Crippen LogP contribution < -0.4 is 0 Å². The van der Waals surface area contributed by atoms with E-state index in [9.17, 15) is 15.0 Å². The van der Waals surface area contributed by atoms with Crippen LogP contribution in [0.15, 0.2) is 42.5 Å². The van der Waals surface area contributed by atoms with Crippen molar-refractivity contribution in [1.82, 2.24) is 0 Å². The first-order valence-electron chi connectivity index (χ1n) is 6.81. The third-order valence-corrected chi connectivity index (χ3v) is 4.59. The van der Waals surface area contributed by atoms with Gasteiger partial charge in [0.05, 0.1) is 12.0 Å². The van der Waals surface area contributed by atoms with Crippen molar-refractivity contribution in [2.45, 2.75) is 18.4 Å². The first-order chi connectivity index (χ1) is 9.68. The molecule has 0 unspecified atom stereocenters. The highest BCUT2D eigenvalue weighted by Crippen LogP contribution is 2.55. The Labute approximate surface area is 116 Å². The normalized spacial score (nSPS) is 25.9. The average molecular weight is 266 g/mol. The maximum atomic E-state index is 11.6. The van der Waals surface area contributed by atoms with E-state index in [2.05, 4.69) is 0 Å². The summed E-state index contributed by atoms with van der Waals surface area (Å²) >= 11 is 0. The molecule has 0 saturated carbocycles. The lowest BCUT2D eigenvalue weighted by atomic mass is 9.73. The molecule has 0 aromatic heterocycles. The van der Waals surface area contributed by atoms with Crippen molar-refractivity contribution in [3.8, 4) is 11.1 Å². The number of fused-ring (bicyclic) bond motifs is 3. The third kappa shape index (κ3) is 1.36. The van der Waals surface area contributed by atoms with Crippen LogP contribution in [0.1, 0.15) is 35.1 Å². The second-order valence-corrected chi connectivity index (χ2v) is 5.57. The van der Waals surface area contributed by atoms with Crippen LogP contribution in [0, 0.1) is 5.92 Å². The summed E-state index contributed by atoms with van der Waals surface area (Å²) in [7, 11) is 0. The van der Waals surface area contributed by atoms with Gasteiger partial charge in [0.25, 0.3) is 0 Å². The summed E-state index contributed by atoms with van der Waals surface area (Å²) in [5, 5.41) is 19.8. The molecule has 2 aliphatic rings. The Kier molecular flexibility index (Phi) is 2.30. The minimum absolute atomic E-state index is 0.127. The summed E-state index contributed by atoms with van der Waals surface area (Å²) < 4.78 is 0. The van der Waals surface area contributed by atoms with Crippen LogP contribution in [0.2, 0.25) is 0 Å². The molecule has 20 heavy (non-hydrogen) atoms. The molecule has 0 radical (unpaired) electrons. The van der Waals surface area contributed by atoms with E-state index >= 15 is 0 Å². The molecule has 0 saturated heterocycles. The second kappa shape index (κ2) is 3.93. The molecule has 2 N–H and O–H groups in total. The molecule has 0 fully saturated rings. The van der Waals surface area contributed by atoms with E-state index in [0.717, 1.165) is 27.8 Å². The molecule has 2 aromatic carbocycles. The van der Waals surface area contributed by atoms with E-state index in [0.29, 0.717) is 0 Å². The zero-order chi connectivity index (χ0) is 13.9. The molecular weight excluding hydrogens is 252 g/mol. The van der Waals surface area contributed by atoms with Gasteiger partial charge in [-0.25, -0.2) is 0 Å². The van der Waals surface area contributed by atoms with Gasteiger partial charge in [-0.3, -0.25) is 4.79 Å². The molecule has 0 amide bonds. The summed E-state index contributed by atoms with van der Waals surface area (Å²) in [6.45, 7) is 0. The number of carboxylic acid groups (broad SMARTS) is 1. The minimum atomic E-state index is -0.828. The van der Waals surface area contributed by atoms with Crippen molar-refractivity contribution < 1.29 is 15.0 Å². The van der Waals surface area contributed by atoms with Crippen molar-refractivity contribution in [2.75, 3.05) is 0 Å². The molecule has 2 aliphatic carbocycles. The van der Waals surface area contributed by atoms with E-state index < -0.39 is 18.0 Å². The number of hydrogen-bond donors (Lipinski definition) is 2. The fourth-order valence-electron chi connectivity index (χ4n) is 3.79. The number of rotatable bonds is 1. The molecule has 100 valence electrons. The molecule has 0 heterocycles. The number of aliphatic carboxylic acids is 1. The lowest BCUT2D eigenvalue weighted by molar-refractivity contribution is -0.143. The zero-order valence-corrected chi connectivity index (χ0v) is 10.8. The van der Waals surface area contributed by atoms with Crippen molar-refractivity contribution in [3.05, 3.63) is 59.2 Å². The smallest absolute Gasteiger partial charge is 0.307 e. The van der Waals surface area contributed by atoms with Crippen LogP contribution in [0.4, 0.5) is 0 Å². The lowest BCUT2D eigenvalue weighted by Crippen LogP contribution is -2.29. The Balaban J connectivity index is 2.05. The Hall–Kier alpha value is -2.13. The molecule has 3 nitrogen and oxygen atoms in total. The first-order valence-corrected chi connectivity index (χ1v) is 6.81. The Morgan fingerprint density at radius 3 is 2.50 bits per heavy atom. The lowest BCUT2D eigenvalue weighted by Gasteiger charge is -2.32. The zero-order valence-electron chi connectivity index (χ0n) is 10.8. The van der Waals surface area contributed by atoms with Crippen LogP contribution >= 0.6 is 0 Å². The van der Waals surface area contributed by atoms with Crippen molar-refractivity contribution in [3.63, 3.8) is 0 Å². The standard InChI is InChI=1S/C17H14O3/c18-14-8-13(17(19)20)16-10-5-2-1-4-9(10)11-6-3-7-12(14)15(11)16/h1-7,13-14,16,18H,8H2,(H,19,20)/t13-,14-,16-/m0/s1. The van der Waals surface area contributed by atoms with E-state index in [4.69, 9.17) is 0 Å². The van der Waals surface area contributed by atoms with E-state index in [1.807, 2.05) is 42.5 Å². The van der Waals surface area contributed by atoms with Gasteiger partial charge in [-0.2, -0.15) is 0 Å². The Morgan fingerprint density at radius 2 is 1.70 bits per heavy atom. The number of hydrogen-bond acceptors (Lipinski definition) is 2. The number of carbonyl (C=O) groups is 1. The molecule has 0 bridgehead atoms. The molecular formula is C17H14O3. The van der Waals surface area contributed by atoms with Crippen LogP contribution in [-0.4, -0.2) is 16.2 Å². The summed E-state index contributed by atoms with van der Waals surface area (Å²) in [5.74, 6) is -1.51. The molecule has 0 aliphatic heterocycles. The van der Waals surface area contributed by atoms with E-state index in [1.165, 1.54) is 0 Å². The van der Waals surface area contributed by atoms with Crippen LogP contribution in [-0.2, 0) is 4.79 Å². The summed E-state index contributed by atoms with van der Waals surface area (Å²) in [4.78, 5) is 11.6. The van der Waals surface area contributed by atoms with Crippen molar-refractivity contribution in [2.24, 2.45) is 5.92 Å². The second-order valence-electron chi connectivity index (χ2n) is 5.57. The van der Waals surface area contributed by atoms with E-state index in [-0.39, 0.29) is 12.3 Å². The molecule has 3 atom stereocenters. The van der Waals surface area contributed by atoms with Gasteiger partial charge in [-0.1, -0.05) is 42.5 Å². The maximum absolute atomic E-state index is 11.6. The van der Waals surface area contributed by atoms with Gasteiger partial charge in [0.1, 0.15) is 0 Å². The molecule has 2 aromatic rings. The van der Waals surface area contributed by atoms with Gasteiger partial charge in [0.15, 0.2) is 0 Å². The van der Waals surface area contributed by atoms with Gasteiger partial charge in [-0.15, -0.1) is 0 Å². The van der Waals surface area contributed by atoms with Gasteiger partial charge >= 0.3 is 5.97 Å². The highest BCUT2D eigenvalue weighted by molar-refractivity contribution is 5.85. The van der Waals surface area contributed by atoms with Gasteiger partial charge in [-0.05, 0) is 34.2 Å². The summed E-state index contributed by atoms with van der Waals surface area (Å²) in [6, 6.07) is 13.9. The van der Waals surface area contributed by atoms with Gasteiger partial charge < -0.3 is 10.2 Å². The first kappa shape index (κ1) is 11.7. The van der Waals surface area contributed by atoms with Crippen LogP contribution in [0.25, 0.3) is 11.1 Å². The van der Waals surface area contributed by atoms with Crippen LogP contribution in [0.5, 0.6) is 0 Å². The number of aliphatic hydroxyl groups is 1. The summed E-state index contributed by atoms with van der Waals surface area (Å²) in [5.41, 5.74) is 5.16. The molecule has 3 heteroatoms. The highest BCUT2D eigenvalue weighted by Gasteiger charge is 2.44.